The average molecular weight is 205 g/mol. The summed E-state index contributed by atoms with van der Waals surface area (Å²) in [6, 6.07) is 3.77. The molecule has 0 atom stereocenters. The summed E-state index contributed by atoms with van der Waals surface area (Å²) in [5.74, 6) is 1.04. The third-order valence-electron chi connectivity index (χ3n) is 1.89. The minimum absolute atomic E-state index is 0.505. The Morgan fingerprint density at radius 1 is 1.47 bits per heavy atom. The van der Waals surface area contributed by atoms with Crippen LogP contribution in [0.4, 0.5) is 0 Å². The van der Waals surface area contributed by atoms with Gasteiger partial charge in [0.2, 0.25) is 11.7 Å². The van der Waals surface area contributed by atoms with Crippen molar-refractivity contribution in [1.29, 1.82) is 0 Å². The van der Waals surface area contributed by atoms with Gasteiger partial charge in [-0.2, -0.15) is 4.98 Å². The second-order valence-electron chi connectivity index (χ2n) is 3.12. The van der Waals surface area contributed by atoms with Gasteiger partial charge in [0.1, 0.15) is 5.69 Å². The molecule has 0 spiro atoms. The van der Waals surface area contributed by atoms with Crippen LogP contribution >= 0.6 is 0 Å². The fourth-order valence-corrected chi connectivity index (χ4v) is 1.26. The SMILES string of the molecule is COCc1ccnc(-c2noc(C)n2)c1. The molecule has 0 unspecified atom stereocenters. The highest BCUT2D eigenvalue weighted by Gasteiger charge is 2.07. The Morgan fingerprint density at radius 3 is 3.00 bits per heavy atom. The molecule has 5 nitrogen and oxygen atoms in total. The predicted molar refractivity (Wildman–Crippen MR) is 53.0 cm³/mol. The van der Waals surface area contributed by atoms with E-state index < -0.39 is 0 Å². The van der Waals surface area contributed by atoms with E-state index in [1.807, 2.05) is 12.1 Å². The van der Waals surface area contributed by atoms with Crippen LogP contribution in [-0.4, -0.2) is 22.2 Å². The largest absolute Gasteiger partial charge is 0.380 e. The fraction of sp³-hybridized carbons (Fsp3) is 0.300. The standard InChI is InChI=1S/C10H11N3O2/c1-7-12-10(13-15-7)9-5-8(6-14-2)3-4-11-9/h3-5H,6H2,1-2H3. The third kappa shape index (κ3) is 2.19. The number of hydrogen-bond donors (Lipinski definition) is 0. The number of aromatic nitrogens is 3. The van der Waals surface area contributed by atoms with E-state index in [4.69, 9.17) is 9.26 Å². The molecule has 5 heteroatoms. The number of rotatable bonds is 3. The minimum atomic E-state index is 0.505. The van der Waals surface area contributed by atoms with Gasteiger partial charge in [-0.25, -0.2) is 0 Å². The first-order valence-electron chi connectivity index (χ1n) is 4.54. The molecule has 0 aliphatic rings. The van der Waals surface area contributed by atoms with Gasteiger partial charge in [0, 0.05) is 20.2 Å². The first-order valence-corrected chi connectivity index (χ1v) is 4.54. The Bertz CT molecular complexity index is 453. The van der Waals surface area contributed by atoms with Crippen molar-refractivity contribution >= 4 is 0 Å². The third-order valence-corrected chi connectivity index (χ3v) is 1.89. The van der Waals surface area contributed by atoms with Crippen LogP contribution in [0.1, 0.15) is 11.5 Å². The van der Waals surface area contributed by atoms with Gasteiger partial charge in [-0.1, -0.05) is 5.16 Å². The molecule has 0 N–H and O–H groups in total. The van der Waals surface area contributed by atoms with Gasteiger partial charge in [0.15, 0.2) is 0 Å². The lowest BCUT2D eigenvalue weighted by molar-refractivity contribution is 0.185. The number of ether oxygens (including phenoxy) is 1. The van der Waals surface area contributed by atoms with Crippen LogP contribution in [-0.2, 0) is 11.3 Å². The summed E-state index contributed by atoms with van der Waals surface area (Å²) in [7, 11) is 1.65. The van der Waals surface area contributed by atoms with E-state index in [9.17, 15) is 0 Å². The van der Waals surface area contributed by atoms with Gasteiger partial charge in [-0.3, -0.25) is 4.98 Å². The molecule has 0 radical (unpaired) electrons. The molecule has 0 aromatic carbocycles. The molecule has 0 saturated carbocycles. The summed E-state index contributed by atoms with van der Waals surface area (Å²) in [5.41, 5.74) is 1.73. The Labute approximate surface area is 87.1 Å². The van der Waals surface area contributed by atoms with E-state index in [2.05, 4.69) is 15.1 Å². The zero-order chi connectivity index (χ0) is 10.7. The molecular formula is C10H11N3O2. The van der Waals surface area contributed by atoms with Crippen molar-refractivity contribution in [1.82, 2.24) is 15.1 Å². The van der Waals surface area contributed by atoms with Crippen molar-refractivity contribution in [2.24, 2.45) is 0 Å². The van der Waals surface area contributed by atoms with Gasteiger partial charge >= 0.3 is 0 Å². The summed E-state index contributed by atoms with van der Waals surface area (Å²) in [4.78, 5) is 8.27. The number of nitrogens with zero attached hydrogens (tertiary/aromatic N) is 3. The first-order chi connectivity index (χ1) is 7.29. The maximum absolute atomic E-state index is 5.03. The van der Waals surface area contributed by atoms with Crippen LogP contribution in [0.15, 0.2) is 22.9 Å². The highest BCUT2D eigenvalue weighted by molar-refractivity contribution is 5.48. The lowest BCUT2D eigenvalue weighted by atomic mass is 10.2. The number of methoxy groups -OCH3 is 1. The number of pyridine rings is 1. The van der Waals surface area contributed by atoms with Crippen LogP contribution in [0.2, 0.25) is 0 Å². The maximum Gasteiger partial charge on any atom is 0.223 e. The lowest BCUT2D eigenvalue weighted by Gasteiger charge is -1.99. The molecule has 0 saturated heterocycles. The molecule has 15 heavy (non-hydrogen) atoms. The smallest absolute Gasteiger partial charge is 0.223 e. The summed E-state index contributed by atoms with van der Waals surface area (Å²) in [6.07, 6.45) is 1.70. The van der Waals surface area contributed by atoms with E-state index in [1.54, 1.807) is 20.2 Å². The summed E-state index contributed by atoms with van der Waals surface area (Å²) >= 11 is 0. The number of aryl methyl sites for hydroxylation is 1. The zero-order valence-electron chi connectivity index (χ0n) is 8.60. The quantitative estimate of drug-likeness (QED) is 0.761. The molecule has 2 heterocycles. The topological polar surface area (TPSA) is 61.0 Å². The summed E-state index contributed by atoms with van der Waals surface area (Å²) in [5, 5.41) is 3.80. The Hall–Kier alpha value is -1.75. The van der Waals surface area contributed by atoms with Gasteiger partial charge in [-0.15, -0.1) is 0 Å². The van der Waals surface area contributed by atoms with Crippen molar-refractivity contribution in [3.63, 3.8) is 0 Å². The molecule has 0 aliphatic carbocycles. The fourth-order valence-electron chi connectivity index (χ4n) is 1.26. The summed E-state index contributed by atoms with van der Waals surface area (Å²) in [6.45, 7) is 2.29. The molecule has 0 aliphatic heterocycles. The molecule has 2 aromatic rings. The van der Waals surface area contributed by atoms with Gasteiger partial charge in [-0.05, 0) is 17.7 Å². The van der Waals surface area contributed by atoms with Crippen molar-refractivity contribution in [2.75, 3.05) is 7.11 Å². The molecule has 0 fully saturated rings. The van der Waals surface area contributed by atoms with Gasteiger partial charge in [0.25, 0.3) is 0 Å². The van der Waals surface area contributed by atoms with Crippen molar-refractivity contribution < 1.29 is 9.26 Å². The van der Waals surface area contributed by atoms with Gasteiger partial charge < -0.3 is 9.26 Å². The number of hydrogen-bond acceptors (Lipinski definition) is 5. The molecule has 2 rings (SSSR count). The van der Waals surface area contributed by atoms with Crippen molar-refractivity contribution in [3.8, 4) is 11.5 Å². The normalized spacial score (nSPS) is 10.5. The molecular weight excluding hydrogens is 194 g/mol. The van der Waals surface area contributed by atoms with Crippen LogP contribution in [0, 0.1) is 6.92 Å². The molecule has 78 valence electrons. The highest BCUT2D eigenvalue weighted by Crippen LogP contribution is 2.14. The van der Waals surface area contributed by atoms with E-state index in [-0.39, 0.29) is 0 Å². The molecule has 0 bridgehead atoms. The second kappa shape index (κ2) is 4.18. The van der Waals surface area contributed by atoms with Crippen molar-refractivity contribution in [2.45, 2.75) is 13.5 Å². The van der Waals surface area contributed by atoms with Crippen molar-refractivity contribution in [3.05, 3.63) is 29.8 Å². The van der Waals surface area contributed by atoms with E-state index >= 15 is 0 Å². The predicted octanol–water partition coefficient (Wildman–Crippen LogP) is 1.59. The summed E-state index contributed by atoms with van der Waals surface area (Å²) < 4.78 is 9.92. The zero-order valence-corrected chi connectivity index (χ0v) is 8.60. The molecule has 2 aromatic heterocycles. The van der Waals surface area contributed by atoms with E-state index in [0.717, 1.165) is 5.56 Å². The maximum atomic E-state index is 5.03. The van der Waals surface area contributed by atoms with Crippen LogP contribution in [0.25, 0.3) is 11.5 Å². The Balaban J connectivity index is 2.32. The lowest BCUT2D eigenvalue weighted by Crippen LogP contribution is -1.91. The Morgan fingerprint density at radius 2 is 2.33 bits per heavy atom. The Kier molecular flexibility index (Phi) is 2.73. The van der Waals surface area contributed by atoms with Crippen LogP contribution < -0.4 is 0 Å². The van der Waals surface area contributed by atoms with E-state index in [1.165, 1.54) is 0 Å². The average Bonchev–Trinajstić information content (AvgIpc) is 2.66. The molecule has 0 amide bonds. The minimum Gasteiger partial charge on any atom is -0.380 e. The monoisotopic (exact) mass is 205 g/mol. The van der Waals surface area contributed by atoms with Crippen LogP contribution in [0.5, 0.6) is 0 Å². The van der Waals surface area contributed by atoms with Gasteiger partial charge in [0.05, 0.1) is 6.61 Å². The van der Waals surface area contributed by atoms with E-state index in [0.29, 0.717) is 24.0 Å². The van der Waals surface area contributed by atoms with Crippen LogP contribution in [0.3, 0.4) is 0 Å². The second-order valence-corrected chi connectivity index (χ2v) is 3.12. The first kappa shape index (κ1) is 9.79. The highest BCUT2D eigenvalue weighted by atomic mass is 16.5.